The summed E-state index contributed by atoms with van der Waals surface area (Å²) in [5.41, 5.74) is 5.38. The maximum atomic E-state index is 11.6. The number of carbonyl (C=O) groups is 3. The highest BCUT2D eigenvalue weighted by Gasteiger charge is 2.36. The minimum atomic E-state index is -0.753. The highest BCUT2D eigenvalue weighted by Crippen LogP contribution is 2.22. The first kappa shape index (κ1) is 13.4. The largest absolute Gasteiger partial charge is 0.368 e. The highest BCUT2D eigenvalue weighted by atomic mass is 16.7. The molecular formula is C12H10N2O4. The monoisotopic (exact) mass is 246 g/mol. The Morgan fingerprint density at radius 2 is 1.61 bits per heavy atom. The maximum Gasteiger partial charge on any atom is 0.285 e. The smallest absolute Gasteiger partial charge is 0.285 e. The van der Waals surface area contributed by atoms with E-state index in [9.17, 15) is 14.4 Å². The fraction of sp³-hybridized carbons (Fsp3) is 0.0833. The number of nitrogens with two attached hydrogens (primary N) is 1. The van der Waals surface area contributed by atoms with Gasteiger partial charge < -0.3 is 5.73 Å². The standard InChI is InChI=1S/C10H8N2O4.C2H2/c11-8(13)5-16-12-9(14)6-3-1-2-4-7(6)10(12)15;1-2/h1-4H,5H2,(H2,11,13);1-2H. The van der Waals surface area contributed by atoms with E-state index in [-0.39, 0.29) is 11.1 Å². The minimum absolute atomic E-state index is 0.261. The lowest BCUT2D eigenvalue weighted by atomic mass is 10.1. The van der Waals surface area contributed by atoms with Gasteiger partial charge in [-0.2, -0.15) is 0 Å². The summed E-state index contributed by atoms with van der Waals surface area (Å²) in [6, 6.07) is 6.32. The topological polar surface area (TPSA) is 89.7 Å². The van der Waals surface area contributed by atoms with Crippen LogP contribution in [0, 0.1) is 12.8 Å². The van der Waals surface area contributed by atoms with Gasteiger partial charge in [0.15, 0.2) is 6.61 Å². The number of fused-ring (bicyclic) bond motifs is 1. The van der Waals surface area contributed by atoms with Gasteiger partial charge in [0.05, 0.1) is 11.1 Å². The summed E-state index contributed by atoms with van der Waals surface area (Å²) in [5.74, 6) is -1.92. The Labute approximate surface area is 103 Å². The first-order valence-electron chi connectivity index (χ1n) is 4.83. The Morgan fingerprint density at radius 1 is 1.17 bits per heavy atom. The van der Waals surface area contributed by atoms with Gasteiger partial charge >= 0.3 is 0 Å². The third-order valence-electron chi connectivity index (χ3n) is 2.09. The van der Waals surface area contributed by atoms with E-state index < -0.39 is 24.3 Å². The van der Waals surface area contributed by atoms with Crippen molar-refractivity contribution in [1.82, 2.24) is 5.06 Å². The van der Waals surface area contributed by atoms with Gasteiger partial charge in [0, 0.05) is 0 Å². The number of hydroxylamine groups is 2. The molecule has 0 fully saturated rings. The normalized spacial score (nSPS) is 12.7. The number of imide groups is 1. The maximum absolute atomic E-state index is 11.6. The van der Waals surface area contributed by atoms with Crippen LogP contribution in [0.15, 0.2) is 24.3 Å². The first-order valence-corrected chi connectivity index (χ1v) is 4.83. The zero-order valence-electron chi connectivity index (χ0n) is 9.33. The molecule has 0 saturated carbocycles. The number of amides is 3. The molecule has 18 heavy (non-hydrogen) atoms. The number of terminal acetylenes is 1. The van der Waals surface area contributed by atoms with Gasteiger partial charge in [-0.15, -0.1) is 17.9 Å². The number of hydrogen-bond donors (Lipinski definition) is 1. The number of nitrogens with zero attached hydrogens (tertiary/aromatic N) is 1. The zero-order chi connectivity index (χ0) is 13.7. The molecule has 0 aliphatic carbocycles. The summed E-state index contributed by atoms with van der Waals surface area (Å²) < 4.78 is 0. The molecule has 1 aromatic rings. The van der Waals surface area contributed by atoms with Crippen LogP contribution in [-0.4, -0.2) is 29.4 Å². The van der Waals surface area contributed by atoms with E-state index in [1.165, 1.54) is 12.1 Å². The highest BCUT2D eigenvalue weighted by molar-refractivity contribution is 6.20. The van der Waals surface area contributed by atoms with Gasteiger partial charge in [0.2, 0.25) is 5.91 Å². The fourth-order valence-corrected chi connectivity index (χ4v) is 1.41. The third-order valence-corrected chi connectivity index (χ3v) is 2.09. The SMILES string of the molecule is C#C.NC(=O)CON1C(=O)c2ccccc2C1=O. The molecular weight excluding hydrogens is 236 g/mol. The van der Waals surface area contributed by atoms with E-state index in [4.69, 9.17) is 10.6 Å². The summed E-state index contributed by atoms with van der Waals surface area (Å²) in [7, 11) is 0. The quantitative estimate of drug-likeness (QED) is 0.598. The van der Waals surface area contributed by atoms with Crippen molar-refractivity contribution in [3.63, 3.8) is 0 Å². The number of hydrogen-bond acceptors (Lipinski definition) is 4. The molecule has 1 aliphatic rings. The van der Waals surface area contributed by atoms with Crippen molar-refractivity contribution in [2.24, 2.45) is 5.73 Å². The van der Waals surface area contributed by atoms with Crippen LogP contribution >= 0.6 is 0 Å². The van der Waals surface area contributed by atoms with Gasteiger partial charge in [-0.05, 0) is 12.1 Å². The van der Waals surface area contributed by atoms with Crippen LogP contribution in [0.4, 0.5) is 0 Å². The lowest BCUT2D eigenvalue weighted by Gasteiger charge is -2.11. The summed E-state index contributed by atoms with van der Waals surface area (Å²) in [5, 5.41) is 0.551. The van der Waals surface area contributed by atoms with Gasteiger partial charge in [-0.3, -0.25) is 19.2 Å². The van der Waals surface area contributed by atoms with Crippen LogP contribution < -0.4 is 5.73 Å². The van der Waals surface area contributed by atoms with Crippen LogP contribution in [-0.2, 0) is 9.63 Å². The fourth-order valence-electron chi connectivity index (χ4n) is 1.41. The molecule has 0 saturated heterocycles. The van der Waals surface area contributed by atoms with E-state index in [1.807, 2.05) is 0 Å². The van der Waals surface area contributed by atoms with Crippen molar-refractivity contribution in [2.45, 2.75) is 0 Å². The van der Waals surface area contributed by atoms with E-state index in [2.05, 4.69) is 12.8 Å². The van der Waals surface area contributed by atoms with Crippen molar-refractivity contribution >= 4 is 17.7 Å². The van der Waals surface area contributed by atoms with E-state index in [1.54, 1.807) is 12.1 Å². The first-order chi connectivity index (χ1) is 8.61. The molecule has 0 bridgehead atoms. The number of rotatable bonds is 3. The third kappa shape index (κ3) is 2.36. The van der Waals surface area contributed by atoms with E-state index in [0.29, 0.717) is 5.06 Å². The van der Waals surface area contributed by atoms with E-state index in [0.717, 1.165) is 0 Å². The van der Waals surface area contributed by atoms with Crippen LogP contribution in [0.5, 0.6) is 0 Å². The van der Waals surface area contributed by atoms with Crippen molar-refractivity contribution in [3.8, 4) is 12.8 Å². The average molecular weight is 246 g/mol. The zero-order valence-corrected chi connectivity index (χ0v) is 9.33. The molecule has 6 heteroatoms. The number of benzene rings is 1. The molecule has 0 atom stereocenters. The van der Waals surface area contributed by atoms with Crippen molar-refractivity contribution in [3.05, 3.63) is 35.4 Å². The van der Waals surface area contributed by atoms with Crippen LogP contribution in [0.3, 0.4) is 0 Å². The summed E-state index contributed by atoms with van der Waals surface area (Å²) in [6.07, 6.45) is 8.00. The van der Waals surface area contributed by atoms with Crippen LogP contribution in [0.25, 0.3) is 0 Å². The second-order valence-corrected chi connectivity index (χ2v) is 3.19. The predicted octanol–water partition coefficient (Wildman–Crippen LogP) is -0.0511. The van der Waals surface area contributed by atoms with Crippen LogP contribution in [0.2, 0.25) is 0 Å². The second-order valence-electron chi connectivity index (χ2n) is 3.19. The van der Waals surface area contributed by atoms with Gasteiger partial charge in [-0.1, -0.05) is 12.1 Å². The summed E-state index contributed by atoms with van der Waals surface area (Å²) in [4.78, 5) is 38.5. The Morgan fingerprint density at radius 3 is 2.00 bits per heavy atom. The Kier molecular flexibility index (Phi) is 4.18. The van der Waals surface area contributed by atoms with Crippen molar-refractivity contribution in [1.29, 1.82) is 0 Å². The second kappa shape index (κ2) is 5.61. The van der Waals surface area contributed by atoms with Crippen LogP contribution in [0.1, 0.15) is 20.7 Å². The molecule has 0 spiro atoms. The molecule has 0 unspecified atom stereocenters. The average Bonchev–Trinajstić information content (AvgIpc) is 2.63. The lowest BCUT2D eigenvalue weighted by molar-refractivity contribution is -0.136. The van der Waals surface area contributed by atoms with Gasteiger partial charge in [-0.25, -0.2) is 0 Å². The molecule has 0 aromatic heterocycles. The Bertz CT molecular complexity index is 487. The molecule has 6 nitrogen and oxygen atoms in total. The Balaban J connectivity index is 0.000000771. The molecule has 2 rings (SSSR count). The van der Waals surface area contributed by atoms with Crippen molar-refractivity contribution in [2.75, 3.05) is 6.61 Å². The predicted molar refractivity (Wildman–Crippen MR) is 62.0 cm³/mol. The molecule has 1 heterocycles. The lowest BCUT2D eigenvalue weighted by Crippen LogP contribution is -2.33. The van der Waals surface area contributed by atoms with E-state index >= 15 is 0 Å². The summed E-state index contributed by atoms with van der Waals surface area (Å²) in [6.45, 7) is -0.508. The molecule has 92 valence electrons. The van der Waals surface area contributed by atoms with Gasteiger partial charge in [0.1, 0.15) is 0 Å². The molecule has 1 aromatic carbocycles. The summed E-state index contributed by atoms with van der Waals surface area (Å²) >= 11 is 0. The number of carbonyl (C=O) groups excluding carboxylic acids is 3. The molecule has 3 amide bonds. The minimum Gasteiger partial charge on any atom is -0.368 e. The molecule has 2 N–H and O–H groups in total. The number of primary amides is 1. The van der Waals surface area contributed by atoms with Gasteiger partial charge in [0.25, 0.3) is 11.8 Å². The molecule has 0 radical (unpaired) electrons. The Hall–Kier alpha value is -2.65. The van der Waals surface area contributed by atoms with Crippen molar-refractivity contribution < 1.29 is 19.2 Å². The molecule has 1 aliphatic heterocycles.